The number of morpholine rings is 1. The Bertz CT molecular complexity index is 1390. The van der Waals surface area contributed by atoms with Gasteiger partial charge in [0.1, 0.15) is 17.2 Å². The number of hydrogen-bond acceptors (Lipinski definition) is 8. The lowest BCUT2D eigenvalue weighted by Crippen LogP contribution is -2.63. The van der Waals surface area contributed by atoms with Crippen molar-refractivity contribution in [1.82, 2.24) is 14.9 Å². The minimum absolute atomic E-state index is 0.237. The fraction of sp³-hybridized carbons (Fsp3) is 0.500. The van der Waals surface area contributed by atoms with Crippen LogP contribution in [-0.4, -0.2) is 81.4 Å². The second kappa shape index (κ2) is 13.2. The Morgan fingerprint density at radius 3 is 2.07 bits per heavy atom. The number of benzene rings is 2. The molecule has 0 spiro atoms. The fourth-order valence-corrected chi connectivity index (χ4v) is 6.29. The van der Waals surface area contributed by atoms with Gasteiger partial charge in [0.05, 0.1) is 24.2 Å². The van der Waals surface area contributed by atoms with Crippen LogP contribution in [0.3, 0.4) is 0 Å². The maximum atomic E-state index is 13.4. The maximum Gasteiger partial charge on any atom is 0.408 e. The molecule has 1 atom stereocenters. The summed E-state index contributed by atoms with van der Waals surface area (Å²) in [5, 5.41) is 15.3. The quantitative estimate of drug-likeness (QED) is 0.472. The monoisotopic (exact) mass is 598 g/mol. The summed E-state index contributed by atoms with van der Waals surface area (Å²) in [5.74, 6) is -0.452. The Hall–Kier alpha value is -3.50. The van der Waals surface area contributed by atoms with Crippen LogP contribution in [0.5, 0.6) is 0 Å². The number of carbonyl (C=O) groups is 2. The summed E-state index contributed by atoms with van der Waals surface area (Å²) < 4.78 is 43.3. The van der Waals surface area contributed by atoms with E-state index >= 15 is 0 Å². The summed E-state index contributed by atoms with van der Waals surface area (Å²) in [6, 6.07) is 15.6. The van der Waals surface area contributed by atoms with Gasteiger partial charge in [-0.3, -0.25) is 4.79 Å². The molecule has 0 aliphatic carbocycles. The molecule has 2 aromatic carbocycles. The average Bonchev–Trinajstić information content (AvgIpc) is 2.97. The Labute approximate surface area is 247 Å². The molecule has 4 rings (SSSR count). The molecule has 0 radical (unpaired) electrons. The van der Waals surface area contributed by atoms with Crippen molar-refractivity contribution in [2.75, 3.05) is 39.5 Å². The number of nitrogens with zero attached hydrogens (tertiary/aromatic N) is 2. The molecule has 2 saturated heterocycles. The molecule has 2 amide bonds. The molecule has 0 saturated carbocycles. The first-order valence-corrected chi connectivity index (χ1v) is 15.4. The third-order valence-electron chi connectivity index (χ3n) is 7.17. The van der Waals surface area contributed by atoms with Crippen molar-refractivity contribution in [3.05, 3.63) is 54.1 Å². The fourth-order valence-electron chi connectivity index (χ4n) is 4.88. The summed E-state index contributed by atoms with van der Waals surface area (Å²) in [7, 11) is -3.57. The Morgan fingerprint density at radius 1 is 0.976 bits per heavy atom. The summed E-state index contributed by atoms with van der Waals surface area (Å²) in [4.78, 5) is 26.1. The van der Waals surface area contributed by atoms with Crippen LogP contribution in [0, 0.1) is 11.3 Å². The van der Waals surface area contributed by atoms with Gasteiger partial charge in [0, 0.05) is 45.6 Å². The molecule has 0 aromatic heterocycles. The van der Waals surface area contributed by atoms with Gasteiger partial charge in [-0.25, -0.2) is 13.2 Å². The van der Waals surface area contributed by atoms with Gasteiger partial charge in [-0.2, -0.15) is 9.57 Å². The highest BCUT2D eigenvalue weighted by atomic mass is 32.2. The molecule has 226 valence electrons. The minimum Gasteiger partial charge on any atom is -0.444 e. The Kier molecular flexibility index (Phi) is 9.89. The van der Waals surface area contributed by atoms with Gasteiger partial charge in [0.15, 0.2) is 0 Å². The highest BCUT2D eigenvalue weighted by Gasteiger charge is 2.43. The Morgan fingerprint density at radius 2 is 1.52 bits per heavy atom. The number of ether oxygens (including phenoxy) is 3. The highest BCUT2D eigenvalue weighted by Crippen LogP contribution is 2.25. The zero-order chi connectivity index (χ0) is 30.4. The van der Waals surface area contributed by atoms with Crippen LogP contribution in [-0.2, 0) is 35.4 Å². The summed E-state index contributed by atoms with van der Waals surface area (Å²) >= 11 is 0. The molecule has 2 aromatic rings. The number of alkyl carbamates (subject to hydrolysis) is 1. The zero-order valence-electron chi connectivity index (χ0n) is 24.2. The summed E-state index contributed by atoms with van der Waals surface area (Å²) in [5.41, 5.74) is 0.604. The van der Waals surface area contributed by atoms with Crippen LogP contribution in [0.25, 0.3) is 11.1 Å². The summed E-state index contributed by atoms with van der Waals surface area (Å²) in [6.45, 7) is 7.27. The van der Waals surface area contributed by atoms with E-state index in [0.29, 0.717) is 39.5 Å². The minimum atomic E-state index is -3.57. The van der Waals surface area contributed by atoms with Crippen molar-refractivity contribution in [2.45, 2.75) is 62.1 Å². The van der Waals surface area contributed by atoms with Gasteiger partial charge in [0.25, 0.3) is 0 Å². The van der Waals surface area contributed by atoms with Crippen LogP contribution in [0.4, 0.5) is 4.79 Å². The zero-order valence-corrected chi connectivity index (χ0v) is 25.0. The third kappa shape index (κ3) is 7.86. The van der Waals surface area contributed by atoms with Crippen molar-refractivity contribution in [1.29, 1.82) is 5.26 Å². The number of sulfonamides is 1. The molecular weight excluding hydrogens is 560 g/mol. The predicted octanol–water partition coefficient (Wildman–Crippen LogP) is 3.00. The molecule has 11 nitrogen and oxygen atoms in total. The molecule has 2 aliphatic rings. The van der Waals surface area contributed by atoms with E-state index in [2.05, 4.69) is 16.7 Å². The van der Waals surface area contributed by atoms with E-state index in [4.69, 9.17) is 14.2 Å². The molecular formula is C30H38N4O7S. The molecule has 42 heavy (non-hydrogen) atoms. The van der Waals surface area contributed by atoms with Crippen molar-refractivity contribution < 1.29 is 32.2 Å². The van der Waals surface area contributed by atoms with Crippen LogP contribution < -0.4 is 10.6 Å². The number of hydrogen-bond donors (Lipinski definition) is 2. The standard InChI is InChI=1S/C30H38N4O7S/c1-29(2,3)41-28(36)33-30(12-16-39-17-13-30)27(35)32-25(21-31)20-22-4-6-23(7-5-22)24-8-10-26(11-9-24)42(37,38)34-14-18-40-19-15-34/h4-11,25H,12-20H2,1-3H3,(H,32,35)(H,33,36). The van der Waals surface area contributed by atoms with Crippen LogP contribution >= 0.6 is 0 Å². The number of nitriles is 1. The average molecular weight is 599 g/mol. The van der Waals surface area contributed by atoms with Crippen molar-refractivity contribution in [3.8, 4) is 17.2 Å². The van der Waals surface area contributed by atoms with Crippen molar-refractivity contribution in [2.24, 2.45) is 0 Å². The van der Waals surface area contributed by atoms with Gasteiger partial charge >= 0.3 is 6.09 Å². The lowest BCUT2D eigenvalue weighted by molar-refractivity contribution is -0.132. The van der Waals surface area contributed by atoms with Gasteiger partial charge in [-0.15, -0.1) is 0 Å². The number of carbonyl (C=O) groups excluding carboxylic acids is 2. The van der Waals surface area contributed by atoms with Gasteiger partial charge in [-0.05, 0) is 49.6 Å². The van der Waals surface area contributed by atoms with Gasteiger partial charge < -0.3 is 24.8 Å². The first-order valence-electron chi connectivity index (χ1n) is 14.0. The molecule has 1 unspecified atom stereocenters. The third-order valence-corrected chi connectivity index (χ3v) is 9.08. The maximum absolute atomic E-state index is 13.4. The second-order valence-electron chi connectivity index (χ2n) is 11.4. The number of nitrogens with one attached hydrogen (secondary N) is 2. The molecule has 12 heteroatoms. The van der Waals surface area contributed by atoms with Crippen molar-refractivity contribution in [3.63, 3.8) is 0 Å². The van der Waals surface area contributed by atoms with Crippen LogP contribution in [0.1, 0.15) is 39.2 Å². The lowest BCUT2D eigenvalue weighted by Gasteiger charge is -2.37. The topological polar surface area (TPSA) is 147 Å². The van der Waals surface area contributed by atoms with E-state index < -0.39 is 39.2 Å². The van der Waals surface area contributed by atoms with E-state index in [-0.39, 0.29) is 24.2 Å². The molecule has 2 heterocycles. The van der Waals surface area contributed by atoms with Gasteiger partial charge in [0.2, 0.25) is 15.9 Å². The SMILES string of the molecule is CC(C)(C)OC(=O)NC1(C(=O)NC(C#N)Cc2ccc(-c3ccc(S(=O)(=O)N4CCOCC4)cc3)cc2)CCOCC1. The molecule has 2 aliphatic heterocycles. The van der Waals surface area contributed by atoms with E-state index in [0.717, 1.165) is 16.7 Å². The summed E-state index contributed by atoms with van der Waals surface area (Å²) in [6.07, 6.45) is 0.0862. The van der Waals surface area contributed by atoms with Crippen LogP contribution in [0.2, 0.25) is 0 Å². The highest BCUT2D eigenvalue weighted by molar-refractivity contribution is 7.89. The second-order valence-corrected chi connectivity index (χ2v) is 13.4. The van der Waals surface area contributed by atoms with E-state index in [1.165, 1.54) is 4.31 Å². The Balaban J connectivity index is 1.40. The number of rotatable bonds is 8. The lowest BCUT2D eigenvalue weighted by atomic mass is 9.88. The molecule has 0 bridgehead atoms. The van der Waals surface area contributed by atoms with E-state index in [1.54, 1.807) is 45.0 Å². The van der Waals surface area contributed by atoms with Crippen LogP contribution in [0.15, 0.2) is 53.4 Å². The number of amides is 2. The van der Waals surface area contributed by atoms with Crippen molar-refractivity contribution >= 4 is 22.0 Å². The first-order chi connectivity index (χ1) is 19.9. The first kappa shape index (κ1) is 31.4. The van der Waals surface area contributed by atoms with Gasteiger partial charge in [-0.1, -0.05) is 36.4 Å². The predicted molar refractivity (Wildman–Crippen MR) is 155 cm³/mol. The van der Waals surface area contributed by atoms with E-state index in [1.807, 2.05) is 24.3 Å². The molecule has 2 fully saturated rings. The van der Waals surface area contributed by atoms with E-state index in [9.17, 15) is 23.3 Å². The molecule has 2 N–H and O–H groups in total. The smallest absolute Gasteiger partial charge is 0.408 e. The largest absolute Gasteiger partial charge is 0.444 e. The normalized spacial score (nSPS) is 18.3.